The number of nitrogens with one attached hydrogen (secondary N) is 1. The van der Waals surface area contributed by atoms with Crippen LogP contribution >= 0.6 is 27.5 Å². The molecule has 0 saturated carbocycles. The molecule has 0 amide bonds. The molecular formula is C23H15BrClN5O. The standard InChI is InChI=1S/C23H15BrClN5O/c24-15-5-1-3-13(9-15)22-19-20(17-10-16(25)6-7-18(17)31-22)29-23-27-12-28-30(23)21(19)14-4-2-8-26-11-14/h1-12,21-22H,(H,27,28,29)/t21-,22+/m1/s1. The Morgan fingerprint density at radius 2 is 1.97 bits per heavy atom. The van der Waals surface area contributed by atoms with Crippen LogP contribution in [0.4, 0.5) is 5.95 Å². The van der Waals surface area contributed by atoms with E-state index in [2.05, 4.69) is 48.4 Å². The van der Waals surface area contributed by atoms with Crippen LogP contribution in [-0.4, -0.2) is 19.7 Å². The van der Waals surface area contributed by atoms with Gasteiger partial charge in [0, 0.05) is 33.0 Å². The third kappa shape index (κ3) is 3.04. The predicted octanol–water partition coefficient (Wildman–Crippen LogP) is 5.65. The summed E-state index contributed by atoms with van der Waals surface area (Å²) in [6, 6.07) is 17.6. The van der Waals surface area contributed by atoms with Gasteiger partial charge in [-0.1, -0.05) is 45.7 Å². The largest absolute Gasteiger partial charge is 0.480 e. The zero-order valence-electron chi connectivity index (χ0n) is 16.0. The molecule has 2 aliphatic heterocycles. The minimum atomic E-state index is -0.337. The summed E-state index contributed by atoms with van der Waals surface area (Å²) in [5, 5.41) is 8.63. The van der Waals surface area contributed by atoms with Crippen molar-refractivity contribution >= 4 is 39.2 Å². The summed E-state index contributed by atoms with van der Waals surface area (Å²) in [7, 11) is 0. The molecule has 8 heteroatoms. The van der Waals surface area contributed by atoms with Crippen LogP contribution in [0.5, 0.6) is 5.75 Å². The summed E-state index contributed by atoms with van der Waals surface area (Å²) in [6.07, 6.45) is 4.84. The summed E-state index contributed by atoms with van der Waals surface area (Å²) in [6.45, 7) is 0. The van der Waals surface area contributed by atoms with Gasteiger partial charge in [0.25, 0.3) is 0 Å². The van der Waals surface area contributed by atoms with E-state index in [0.29, 0.717) is 11.0 Å². The second-order valence-electron chi connectivity index (χ2n) is 7.37. The molecule has 6 nitrogen and oxygen atoms in total. The Hall–Kier alpha value is -3.16. The molecule has 0 unspecified atom stereocenters. The monoisotopic (exact) mass is 491 g/mol. The molecule has 2 atom stereocenters. The Morgan fingerprint density at radius 3 is 2.81 bits per heavy atom. The fourth-order valence-electron chi connectivity index (χ4n) is 4.24. The molecule has 0 spiro atoms. The average molecular weight is 493 g/mol. The van der Waals surface area contributed by atoms with Crippen LogP contribution in [0.15, 0.2) is 83.4 Å². The number of hydrogen-bond donors (Lipinski definition) is 1. The van der Waals surface area contributed by atoms with E-state index >= 15 is 0 Å². The van der Waals surface area contributed by atoms with Crippen molar-refractivity contribution in [3.63, 3.8) is 0 Å². The molecule has 1 N–H and O–H groups in total. The second kappa shape index (κ2) is 7.21. The lowest BCUT2D eigenvalue weighted by atomic mass is 9.85. The van der Waals surface area contributed by atoms with Gasteiger partial charge in [-0.2, -0.15) is 10.1 Å². The molecule has 2 aromatic carbocycles. The molecule has 2 aromatic heterocycles. The fourth-order valence-corrected chi connectivity index (χ4v) is 4.83. The van der Waals surface area contributed by atoms with E-state index in [4.69, 9.17) is 16.3 Å². The Labute approximate surface area is 191 Å². The van der Waals surface area contributed by atoms with Crippen LogP contribution in [0.2, 0.25) is 5.02 Å². The number of anilines is 1. The Bertz CT molecular complexity index is 1340. The SMILES string of the molecule is Clc1ccc2c(c1)C1=C([C@H](c3cccc(Br)c3)O2)[C@@H](c2cccnc2)n2ncnc2N1. The fraction of sp³-hybridized carbons (Fsp3) is 0.0870. The Kier molecular flexibility index (Phi) is 4.33. The second-order valence-corrected chi connectivity index (χ2v) is 8.72. The Morgan fingerprint density at radius 1 is 1.06 bits per heavy atom. The maximum atomic E-state index is 6.58. The minimum Gasteiger partial charge on any atom is -0.480 e. The summed E-state index contributed by atoms with van der Waals surface area (Å²) in [4.78, 5) is 8.79. The summed E-state index contributed by atoms with van der Waals surface area (Å²) in [5.41, 5.74) is 4.89. The van der Waals surface area contributed by atoms with Crippen LogP contribution in [0.1, 0.15) is 28.8 Å². The topological polar surface area (TPSA) is 64.9 Å². The van der Waals surface area contributed by atoms with Gasteiger partial charge in [0.05, 0.1) is 5.70 Å². The van der Waals surface area contributed by atoms with Crippen molar-refractivity contribution < 1.29 is 4.74 Å². The molecule has 0 fully saturated rings. The van der Waals surface area contributed by atoms with E-state index in [1.807, 2.05) is 53.3 Å². The molecule has 2 aliphatic rings. The maximum absolute atomic E-state index is 6.58. The molecule has 0 saturated heterocycles. The van der Waals surface area contributed by atoms with Crippen molar-refractivity contribution in [2.45, 2.75) is 12.1 Å². The van der Waals surface area contributed by atoms with Gasteiger partial charge in [-0.05, 0) is 47.5 Å². The third-order valence-corrected chi connectivity index (χ3v) is 6.26. The average Bonchev–Trinajstić information content (AvgIpc) is 3.26. The third-order valence-electron chi connectivity index (χ3n) is 5.53. The lowest BCUT2D eigenvalue weighted by Gasteiger charge is -2.38. The predicted molar refractivity (Wildman–Crippen MR) is 122 cm³/mol. The van der Waals surface area contributed by atoms with Gasteiger partial charge < -0.3 is 10.1 Å². The first-order valence-electron chi connectivity index (χ1n) is 9.71. The van der Waals surface area contributed by atoms with E-state index < -0.39 is 0 Å². The first-order valence-corrected chi connectivity index (χ1v) is 10.9. The molecule has 4 aromatic rings. The number of fused-ring (bicyclic) bond motifs is 3. The number of hydrogen-bond acceptors (Lipinski definition) is 5. The highest BCUT2D eigenvalue weighted by Crippen LogP contribution is 2.51. The first kappa shape index (κ1) is 18.6. The van der Waals surface area contributed by atoms with E-state index in [-0.39, 0.29) is 12.1 Å². The van der Waals surface area contributed by atoms with Gasteiger partial charge in [-0.3, -0.25) is 4.98 Å². The van der Waals surface area contributed by atoms with E-state index in [9.17, 15) is 0 Å². The normalized spacial score (nSPS) is 19.0. The molecule has 0 radical (unpaired) electrons. The van der Waals surface area contributed by atoms with E-state index in [0.717, 1.165) is 38.2 Å². The first-order chi connectivity index (χ1) is 15.2. The molecule has 0 aliphatic carbocycles. The summed E-state index contributed by atoms with van der Waals surface area (Å²) in [5.74, 6) is 1.42. The lowest BCUT2D eigenvalue weighted by Crippen LogP contribution is -2.32. The van der Waals surface area contributed by atoms with Crippen molar-refractivity contribution in [2.75, 3.05) is 5.32 Å². The van der Waals surface area contributed by atoms with Gasteiger partial charge in [-0.25, -0.2) is 4.68 Å². The number of rotatable bonds is 2. The highest BCUT2D eigenvalue weighted by atomic mass is 79.9. The molecule has 0 bridgehead atoms. The molecule has 4 heterocycles. The van der Waals surface area contributed by atoms with Crippen molar-refractivity contribution in [1.82, 2.24) is 19.7 Å². The molecule has 152 valence electrons. The van der Waals surface area contributed by atoms with Gasteiger partial charge in [0.2, 0.25) is 5.95 Å². The van der Waals surface area contributed by atoms with Crippen LogP contribution in [0.3, 0.4) is 0 Å². The van der Waals surface area contributed by atoms with Crippen LogP contribution in [0.25, 0.3) is 5.70 Å². The van der Waals surface area contributed by atoms with Crippen molar-refractivity contribution in [3.8, 4) is 5.75 Å². The molecule has 31 heavy (non-hydrogen) atoms. The van der Waals surface area contributed by atoms with Crippen molar-refractivity contribution in [2.24, 2.45) is 0 Å². The lowest BCUT2D eigenvalue weighted by molar-refractivity contribution is 0.223. The zero-order valence-corrected chi connectivity index (χ0v) is 18.4. The number of aromatic nitrogens is 4. The van der Waals surface area contributed by atoms with Gasteiger partial charge in [0.15, 0.2) is 0 Å². The quantitative estimate of drug-likeness (QED) is 0.392. The molecular weight excluding hydrogens is 478 g/mol. The van der Waals surface area contributed by atoms with Crippen molar-refractivity contribution in [3.05, 3.63) is 105 Å². The number of ether oxygens (including phenoxy) is 1. The van der Waals surface area contributed by atoms with Crippen molar-refractivity contribution in [1.29, 1.82) is 0 Å². The van der Waals surface area contributed by atoms with E-state index in [1.165, 1.54) is 0 Å². The van der Waals surface area contributed by atoms with E-state index in [1.54, 1.807) is 12.5 Å². The Balaban J connectivity index is 1.65. The number of benzene rings is 2. The van der Waals surface area contributed by atoms with Gasteiger partial charge in [-0.15, -0.1) is 0 Å². The van der Waals surface area contributed by atoms with Crippen LogP contribution in [0, 0.1) is 0 Å². The maximum Gasteiger partial charge on any atom is 0.226 e. The zero-order chi connectivity index (χ0) is 20.9. The van der Waals surface area contributed by atoms with Crippen LogP contribution < -0.4 is 10.1 Å². The smallest absolute Gasteiger partial charge is 0.226 e. The van der Waals surface area contributed by atoms with Gasteiger partial charge >= 0.3 is 0 Å². The molecule has 6 rings (SSSR count). The highest BCUT2D eigenvalue weighted by molar-refractivity contribution is 9.10. The summed E-state index contributed by atoms with van der Waals surface area (Å²) < 4.78 is 9.44. The van der Waals surface area contributed by atoms with Crippen LogP contribution in [-0.2, 0) is 0 Å². The number of halogens is 2. The minimum absolute atomic E-state index is 0.237. The summed E-state index contributed by atoms with van der Waals surface area (Å²) >= 11 is 9.95. The highest BCUT2D eigenvalue weighted by Gasteiger charge is 2.41. The number of nitrogens with zero attached hydrogens (tertiary/aromatic N) is 4. The van der Waals surface area contributed by atoms with Gasteiger partial charge in [0.1, 0.15) is 24.2 Å². The number of pyridine rings is 1.